The summed E-state index contributed by atoms with van der Waals surface area (Å²) in [4.78, 5) is 10.9. The van der Waals surface area contributed by atoms with Gasteiger partial charge in [-0.1, -0.05) is 96.1 Å². The van der Waals surface area contributed by atoms with Crippen molar-refractivity contribution in [2.45, 2.75) is 55.4 Å². The summed E-state index contributed by atoms with van der Waals surface area (Å²) in [6, 6.07) is 30.0. The van der Waals surface area contributed by atoms with Gasteiger partial charge in [0.2, 0.25) is 0 Å². The second-order valence-electron chi connectivity index (χ2n) is 11.7. The molecule has 0 bridgehead atoms. The molecule has 0 N–H and O–H groups in total. The summed E-state index contributed by atoms with van der Waals surface area (Å²) in [7, 11) is 2.16. The van der Waals surface area contributed by atoms with E-state index in [1.807, 2.05) is 0 Å². The summed E-state index contributed by atoms with van der Waals surface area (Å²) in [6.07, 6.45) is 0. The average Bonchev–Trinajstić information content (AvgIpc) is 3.16. The smallest absolute Gasteiger partial charge is 0.0949 e. The Kier molecular flexibility index (Phi) is 8.13. The third kappa shape index (κ3) is 5.52. The van der Waals surface area contributed by atoms with Crippen molar-refractivity contribution >= 4 is 22.8 Å². The first kappa shape index (κ1) is 29.0. The van der Waals surface area contributed by atoms with E-state index in [1.165, 1.54) is 44.5 Å². The Morgan fingerprint density at radius 2 is 0.786 bits per heavy atom. The highest BCUT2D eigenvalue weighted by Crippen LogP contribution is 2.33. The second kappa shape index (κ2) is 11.8. The highest BCUT2D eigenvalue weighted by atomic mass is 15.0. The van der Waals surface area contributed by atoms with Crippen molar-refractivity contribution in [2.75, 3.05) is 0 Å². The van der Waals surface area contributed by atoms with Gasteiger partial charge in [0.25, 0.3) is 0 Å². The Labute approximate surface area is 251 Å². The Balaban J connectivity index is 1.82. The second-order valence-corrected chi connectivity index (χ2v) is 11.7. The average molecular weight is 552 g/mol. The van der Waals surface area contributed by atoms with Crippen LogP contribution in [-0.4, -0.2) is 16.0 Å². The predicted molar refractivity (Wildman–Crippen MR) is 180 cm³/mol. The molecule has 0 atom stereocenters. The summed E-state index contributed by atoms with van der Waals surface area (Å²) in [5.74, 6) is 0. The molecule has 212 valence electrons. The molecule has 5 rings (SSSR count). The lowest BCUT2D eigenvalue weighted by Crippen LogP contribution is -2.15. The minimum absolute atomic E-state index is 0.968. The fourth-order valence-electron chi connectivity index (χ4n) is 6.26. The van der Waals surface area contributed by atoms with Gasteiger partial charge < -0.3 is 4.57 Å². The lowest BCUT2D eigenvalue weighted by atomic mass is 9.99. The van der Waals surface area contributed by atoms with Gasteiger partial charge in [-0.15, -0.1) is 0 Å². The Morgan fingerprint density at radius 1 is 0.476 bits per heavy atom. The SMILES string of the molecule is Cc1cc(C)c(N=C(c2ccccc2)c2c(C)c(C)c(C(=Nc3c(C)cc(C)cc3C)c3ccccc3)n2C)c(C)c1. The summed E-state index contributed by atoms with van der Waals surface area (Å²) in [6.45, 7) is 17.3. The maximum Gasteiger partial charge on any atom is 0.0949 e. The predicted octanol–water partition coefficient (Wildman–Crippen LogP) is 9.83. The number of aryl methyl sites for hydroxylation is 6. The summed E-state index contributed by atoms with van der Waals surface area (Å²) >= 11 is 0. The molecular weight excluding hydrogens is 510 g/mol. The Bertz CT molecular complexity index is 1650. The van der Waals surface area contributed by atoms with E-state index in [0.717, 1.165) is 45.3 Å². The van der Waals surface area contributed by atoms with E-state index in [0.29, 0.717) is 0 Å². The van der Waals surface area contributed by atoms with E-state index in [2.05, 4.69) is 152 Å². The van der Waals surface area contributed by atoms with Crippen LogP contribution in [0.4, 0.5) is 11.4 Å². The first-order chi connectivity index (χ1) is 20.1. The largest absolute Gasteiger partial charge is 0.341 e. The van der Waals surface area contributed by atoms with Gasteiger partial charge in [-0.25, -0.2) is 9.98 Å². The molecule has 0 fully saturated rings. The molecule has 0 aliphatic carbocycles. The molecule has 0 radical (unpaired) electrons. The van der Waals surface area contributed by atoms with Crippen molar-refractivity contribution < 1.29 is 0 Å². The van der Waals surface area contributed by atoms with Crippen LogP contribution in [-0.2, 0) is 7.05 Å². The lowest BCUT2D eigenvalue weighted by Gasteiger charge is -2.16. The number of hydrogen-bond donors (Lipinski definition) is 0. The van der Waals surface area contributed by atoms with Crippen LogP contribution < -0.4 is 0 Å². The van der Waals surface area contributed by atoms with Gasteiger partial charge in [0.05, 0.1) is 34.2 Å². The lowest BCUT2D eigenvalue weighted by molar-refractivity contribution is 0.896. The van der Waals surface area contributed by atoms with Crippen molar-refractivity contribution in [3.05, 3.63) is 152 Å². The van der Waals surface area contributed by atoms with E-state index >= 15 is 0 Å². The van der Waals surface area contributed by atoms with E-state index in [1.54, 1.807) is 0 Å². The molecule has 42 heavy (non-hydrogen) atoms. The molecule has 0 amide bonds. The van der Waals surface area contributed by atoms with Crippen LogP contribution in [0, 0.1) is 55.4 Å². The zero-order valence-corrected chi connectivity index (χ0v) is 26.4. The van der Waals surface area contributed by atoms with Crippen LogP contribution >= 0.6 is 0 Å². The Morgan fingerprint density at radius 3 is 1.10 bits per heavy atom. The molecule has 0 unspecified atom stereocenters. The number of aromatic nitrogens is 1. The third-order valence-corrected chi connectivity index (χ3v) is 8.20. The molecule has 5 aromatic rings. The number of hydrogen-bond acceptors (Lipinski definition) is 2. The van der Waals surface area contributed by atoms with E-state index in [4.69, 9.17) is 9.98 Å². The minimum atomic E-state index is 0.968. The molecule has 1 heterocycles. The van der Waals surface area contributed by atoms with Gasteiger partial charge in [-0.3, -0.25) is 0 Å². The minimum Gasteiger partial charge on any atom is -0.341 e. The molecule has 3 nitrogen and oxygen atoms in total. The molecule has 0 saturated carbocycles. The van der Waals surface area contributed by atoms with Gasteiger partial charge in [0, 0.05) is 18.2 Å². The van der Waals surface area contributed by atoms with Crippen LogP contribution in [0.2, 0.25) is 0 Å². The normalized spacial score (nSPS) is 12.2. The quantitative estimate of drug-likeness (QED) is 0.188. The fraction of sp³-hybridized carbons (Fsp3) is 0.231. The standard InChI is InChI=1S/C39H41N3/c1-24-20-26(3)34(27(4)21-24)40-36(32-16-12-10-13-17-32)38-30(7)31(8)39(42(38)9)37(33-18-14-11-15-19-33)41-35-28(5)22-25(2)23-29(35)6/h10-23H,1-9H3. The van der Waals surface area contributed by atoms with Crippen LogP contribution in [0.1, 0.15) is 67.0 Å². The number of nitrogens with zero attached hydrogens (tertiary/aromatic N) is 3. The highest BCUT2D eigenvalue weighted by molar-refractivity contribution is 6.18. The first-order valence-electron chi connectivity index (χ1n) is 14.7. The van der Waals surface area contributed by atoms with Crippen molar-refractivity contribution in [1.82, 2.24) is 4.57 Å². The molecule has 0 aliphatic heterocycles. The fourth-order valence-corrected chi connectivity index (χ4v) is 6.26. The van der Waals surface area contributed by atoms with Crippen LogP contribution in [0.5, 0.6) is 0 Å². The Hall–Kier alpha value is -4.50. The van der Waals surface area contributed by atoms with Gasteiger partial charge in [0.15, 0.2) is 0 Å². The number of aliphatic imine (C=N–C) groups is 2. The van der Waals surface area contributed by atoms with E-state index in [9.17, 15) is 0 Å². The van der Waals surface area contributed by atoms with Crippen LogP contribution in [0.25, 0.3) is 0 Å². The zero-order valence-electron chi connectivity index (χ0n) is 26.4. The van der Waals surface area contributed by atoms with Gasteiger partial charge >= 0.3 is 0 Å². The molecule has 0 aliphatic rings. The van der Waals surface area contributed by atoms with Crippen molar-refractivity contribution in [2.24, 2.45) is 17.0 Å². The molecular formula is C39H41N3. The van der Waals surface area contributed by atoms with Crippen LogP contribution in [0.3, 0.4) is 0 Å². The summed E-state index contributed by atoms with van der Waals surface area (Å²) < 4.78 is 2.31. The molecule has 0 saturated heterocycles. The van der Waals surface area contributed by atoms with Gasteiger partial charge in [-0.05, 0) is 88.8 Å². The maximum absolute atomic E-state index is 5.43. The van der Waals surface area contributed by atoms with E-state index in [-0.39, 0.29) is 0 Å². The highest BCUT2D eigenvalue weighted by Gasteiger charge is 2.25. The molecule has 0 spiro atoms. The van der Waals surface area contributed by atoms with Crippen LogP contribution in [0.15, 0.2) is 94.9 Å². The molecule has 4 aromatic carbocycles. The van der Waals surface area contributed by atoms with Gasteiger partial charge in [-0.2, -0.15) is 0 Å². The van der Waals surface area contributed by atoms with Crippen molar-refractivity contribution in [3.63, 3.8) is 0 Å². The van der Waals surface area contributed by atoms with Crippen molar-refractivity contribution in [1.29, 1.82) is 0 Å². The first-order valence-corrected chi connectivity index (χ1v) is 14.7. The number of benzene rings is 4. The topological polar surface area (TPSA) is 29.6 Å². The number of rotatable bonds is 6. The monoisotopic (exact) mass is 551 g/mol. The van der Waals surface area contributed by atoms with Crippen molar-refractivity contribution in [3.8, 4) is 0 Å². The molecule has 3 heteroatoms. The van der Waals surface area contributed by atoms with E-state index < -0.39 is 0 Å². The maximum atomic E-state index is 5.43. The summed E-state index contributed by atoms with van der Waals surface area (Å²) in [5.41, 5.74) is 18.0. The van der Waals surface area contributed by atoms with Gasteiger partial charge in [0.1, 0.15) is 0 Å². The third-order valence-electron chi connectivity index (χ3n) is 8.20. The molecule has 1 aromatic heterocycles. The zero-order chi connectivity index (χ0) is 30.1. The summed E-state index contributed by atoms with van der Waals surface area (Å²) in [5, 5.41) is 0.